The van der Waals surface area contributed by atoms with E-state index in [-0.39, 0.29) is 29.5 Å². The second kappa shape index (κ2) is 6.64. The Morgan fingerprint density at radius 1 is 1.50 bits per heavy atom. The lowest BCUT2D eigenvalue weighted by Gasteiger charge is -2.33. The van der Waals surface area contributed by atoms with Crippen LogP contribution in [0.1, 0.15) is 53.4 Å². The highest BCUT2D eigenvalue weighted by molar-refractivity contribution is 5.91. The van der Waals surface area contributed by atoms with Crippen LogP contribution in [0, 0.1) is 17.8 Å². The SMILES string of the molecule is CC(C)=CCC[C@@H](C)[C@H]1C2COC(=O)/C2=C/C[C@H]2O[C@]2(C)C[C@H]1O. The first-order chi connectivity index (χ1) is 11.3. The first-order valence-electron chi connectivity index (χ1n) is 9.18. The highest BCUT2D eigenvalue weighted by Crippen LogP contribution is 2.48. The summed E-state index contributed by atoms with van der Waals surface area (Å²) >= 11 is 0. The standard InChI is InChI=1S/C20H30O4/c1-12(2)6-5-7-13(3)18-15-11-23-19(22)14(15)8-9-17-20(4,24-17)10-16(18)21/h6,8,13,15-18,21H,5,7,9-11H2,1-4H3/b14-8+/t13-,15?,16-,17-,18+,20-/m1/s1. The van der Waals surface area contributed by atoms with Crippen molar-refractivity contribution in [2.75, 3.05) is 6.61 Å². The number of epoxide rings is 1. The van der Waals surface area contributed by atoms with E-state index in [0.29, 0.717) is 18.9 Å². The third-order valence-corrected chi connectivity index (χ3v) is 5.97. The fraction of sp³-hybridized carbons (Fsp3) is 0.750. The zero-order chi connectivity index (χ0) is 17.5. The third-order valence-electron chi connectivity index (χ3n) is 5.97. The molecule has 6 atom stereocenters. The van der Waals surface area contributed by atoms with Gasteiger partial charge in [-0.2, -0.15) is 0 Å². The van der Waals surface area contributed by atoms with Crippen molar-refractivity contribution in [1.29, 1.82) is 0 Å². The van der Waals surface area contributed by atoms with Crippen LogP contribution in [-0.4, -0.2) is 35.5 Å². The van der Waals surface area contributed by atoms with E-state index in [1.54, 1.807) is 0 Å². The molecule has 4 nitrogen and oxygen atoms in total. The molecule has 0 amide bonds. The van der Waals surface area contributed by atoms with Gasteiger partial charge in [0.2, 0.25) is 0 Å². The highest BCUT2D eigenvalue weighted by atomic mass is 16.6. The van der Waals surface area contributed by atoms with Crippen molar-refractivity contribution in [1.82, 2.24) is 0 Å². The molecule has 2 heterocycles. The normalized spacial score (nSPS) is 41.5. The predicted molar refractivity (Wildman–Crippen MR) is 92.4 cm³/mol. The molecule has 0 saturated carbocycles. The Morgan fingerprint density at radius 2 is 2.25 bits per heavy atom. The predicted octanol–water partition coefficient (Wildman–Crippen LogP) is 3.40. The van der Waals surface area contributed by atoms with Gasteiger partial charge in [0.25, 0.3) is 0 Å². The minimum absolute atomic E-state index is 0.00954. The smallest absolute Gasteiger partial charge is 0.334 e. The molecule has 0 bridgehead atoms. The van der Waals surface area contributed by atoms with Gasteiger partial charge in [-0.25, -0.2) is 4.79 Å². The molecule has 2 aliphatic heterocycles. The minimum atomic E-state index is -0.470. The zero-order valence-electron chi connectivity index (χ0n) is 15.2. The monoisotopic (exact) mass is 334 g/mol. The molecular weight excluding hydrogens is 304 g/mol. The van der Waals surface area contributed by atoms with Gasteiger partial charge in [-0.3, -0.25) is 0 Å². The summed E-state index contributed by atoms with van der Waals surface area (Å²) < 4.78 is 11.1. The van der Waals surface area contributed by atoms with Gasteiger partial charge in [-0.05, 0) is 51.9 Å². The van der Waals surface area contributed by atoms with Crippen LogP contribution >= 0.6 is 0 Å². The lowest BCUT2D eigenvalue weighted by atomic mass is 9.73. The lowest BCUT2D eigenvalue weighted by molar-refractivity contribution is -0.135. The molecule has 1 N–H and O–H groups in total. The van der Waals surface area contributed by atoms with E-state index in [2.05, 4.69) is 33.8 Å². The Bertz CT molecular complexity index is 560. The van der Waals surface area contributed by atoms with Gasteiger partial charge in [0.05, 0.1) is 24.4 Å². The first kappa shape index (κ1) is 17.7. The topological polar surface area (TPSA) is 59.1 Å². The number of aliphatic hydroxyl groups is 1. The number of allylic oxidation sites excluding steroid dienone is 2. The summed E-state index contributed by atoms with van der Waals surface area (Å²) in [7, 11) is 0. The van der Waals surface area contributed by atoms with E-state index in [4.69, 9.17) is 9.47 Å². The van der Waals surface area contributed by atoms with Crippen LogP contribution in [-0.2, 0) is 14.3 Å². The zero-order valence-corrected chi connectivity index (χ0v) is 15.2. The summed E-state index contributed by atoms with van der Waals surface area (Å²) in [6.07, 6.45) is 7.28. The van der Waals surface area contributed by atoms with Crippen LogP contribution in [0.2, 0.25) is 0 Å². The molecule has 1 aliphatic carbocycles. The number of carbonyl (C=O) groups is 1. The van der Waals surface area contributed by atoms with Crippen molar-refractivity contribution in [3.63, 3.8) is 0 Å². The van der Waals surface area contributed by atoms with Crippen molar-refractivity contribution in [2.45, 2.75) is 71.2 Å². The average Bonchev–Trinajstić information content (AvgIpc) is 2.96. The summed E-state index contributed by atoms with van der Waals surface area (Å²) in [6.45, 7) is 8.88. The van der Waals surface area contributed by atoms with E-state index >= 15 is 0 Å². The molecule has 3 aliphatic rings. The first-order valence-corrected chi connectivity index (χ1v) is 9.18. The Balaban J connectivity index is 1.82. The lowest BCUT2D eigenvalue weighted by Crippen LogP contribution is -2.37. The molecule has 2 saturated heterocycles. The number of carbonyl (C=O) groups excluding carboxylic acids is 1. The largest absolute Gasteiger partial charge is 0.462 e. The van der Waals surface area contributed by atoms with E-state index in [1.807, 2.05) is 6.08 Å². The number of hydrogen-bond acceptors (Lipinski definition) is 4. The van der Waals surface area contributed by atoms with Gasteiger partial charge in [0.15, 0.2) is 0 Å². The van der Waals surface area contributed by atoms with Crippen molar-refractivity contribution < 1.29 is 19.4 Å². The maximum absolute atomic E-state index is 12.1. The van der Waals surface area contributed by atoms with Crippen molar-refractivity contribution >= 4 is 5.97 Å². The summed E-state index contributed by atoms with van der Waals surface area (Å²) in [5.74, 6) is 0.152. The van der Waals surface area contributed by atoms with E-state index in [9.17, 15) is 9.90 Å². The van der Waals surface area contributed by atoms with Crippen LogP contribution in [0.15, 0.2) is 23.3 Å². The molecule has 1 unspecified atom stereocenters. The van der Waals surface area contributed by atoms with Crippen molar-refractivity contribution in [2.24, 2.45) is 17.8 Å². The fourth-order valence-corrected chi connectivity index (χ4v) is 4.47. The third kappa shape index (κ3) is 3.45. The van der Waals surface area contributed by atoms with E-state index in [1.165, 1.54) is 5.57 Å². The summed E-state index contributed by atoms with van der Waals surface area (Å²) in [4.78, 5) is 12.1. The molecule has 0 aromatic heterocycles. The van der Waals surface area contributed by atoms with Gasteiger partial charge in [0.1, 0.15) is 0 Å². The number of esters is 1. The molecule has 134 valence electrons. The van der Waals surface area contributed by atoms with Gasteiger partial charge in [-0.15, -0.1) is 0 Å². The summed E-state index contributed by atoms with van der Waals surface area (Å²) in [6, 6.07) is 0. The quantitative estimate of drug-likeness (QED) is 0.486. The molecule has 0 aromatic carbocycles. The fourth-order valence-electron chi connectivity index (χ4n) is 4.47. The van der Waals surface area contributed by atoms with Crippen LogP contribution < -0.4 is 0 Å². The Labute approximate surface area is 144 Å². The van der Waals surface area contributed by atoms with Crippen LogP contribution in [0.3, 0.4) is 0 Å². The maximum atomic E-state index is 12.1. The number of fused-ring (bicyclic) bond motifs is 2. The number of aliphatic hydroxyl groups excluding tert-OH is 1. The summed E-state index contributed by atoms with van der Waals surface area (Å²) in [5.41, 5.74) is 1.84. The van der Waals surface area contributed by atoms with Gasteiger partial charge in [0, 0.05) is 17.9 Å². The van der Waals surface area contributed by atoms with E-state index in [0.717, 1.165) is 24.8 Å². The number of ether oxygens (including phenoxy) is 2. The van der Waals surface area contributed by atoms with Gasteiger partial charge < -0.3 is 14.6 Å². The molecule has 0 radical (unpaired) electrons. The number of hydrogen-bond donors (Lipinski definition) is 1. The van der Waals surface area contributed by atoms with Gasteiger partial charge >= 0.3 is 5.97 Å². The van der Waals surface area contributed by atoms with E-state index < -0.39 is 6.10 Å². The molecule has 24 heavy (non-hydrogen) atoms. The van der Waals surface area contributed by atoms with Crippen molar-refractivity contribution in [3.8, 4) is 0 Å². The molecule has 0 spiro atoms. The second-order valence-electron chi connectivity index (χ2n) is 8.20. The average molecular weight is 334 g/mol. The number of rotatable bonds is 4. The maximum Gasteiger partial charge on any atom is 0.334 e. The van der Waals surface area contributed by atoms with Crippen molar-refractivity contribution in [3.05, 3.63) is 23.3 Å². The molecule has 4 heteroatoms. The van der Waals surface area contributed by atoms with Gasteiger partial charge in [-0.1, -0.05) is 24.6 Å². The highest BCUT2D eigenvalue weighted by Gasteiger charge is 2.55. The van der Waals surface area contributed by atoms with Crippen LogP contribution in [0.25, 0.3) is 0 Å². The minimum Gasteiger partial charge on any atom is -0.462 e. The second-order valence-corrected chi connectivity index (χ2v) is 8.20. The summed E-state index contributed by atoms with van der Waals surface area (Å²) in [5, 5.41) is 11.0. The van der Waals surface area contributed by atoms with Crippen LogP contribution in [0.5, 0.6) is 0 Å². The molecular formula is C20H30O4. The number of cyclic esters (lactones) is 1. The molecule has 0 aromatic rings. The Kier molecular flexibility index (Phi) is 4.89. The van der Waals surface area contributed by atoms with Crippen LogP contribution in [0.4, 0.5) is 0 Å². The molecule has 3 rings (SSSR count). The molecule has 2 fully saturated rings. The Morgan fingerprint density at radius 3 is 2.96 bits per heavy atom. The Hall–Kier alpha value is -1.13.